The topological polar surface area (TPSA) is 151 Å². The van der Waals surface area contributed by atoms with Crippen molar-refractivity contribution < 1.29 is 27.5 Å². The molecule has 2 N–H and O–H groups in total. The lowest BCUT2D eigenvalue weighted by Gasteiger charge is -2.41. The average Bonchev–Trinajstić information content (AvgIpc) is 3.54. The van der Waals surface area contributed by atoms with Crippen molar-refractivity contribution in [1.29, 1.82) is 0 Å². The first-order valence-corrected chi connectivity index (χ1v) is 15.1. The van der Waals surface area contributed by atoms with E-state index in [0.29, 0.717) is 22.0 Å². The molecule has 1 unspecified atom stereocenters. The summed E-state index contributed by atoms with van der Waals surface area (Å²) in [6.07, 6.45) is -2.37. The third-order valence-corrected chi connectivity index (χ3v) is 7.81. The minimum absolute atomic E-state index is 0.0990. The number of halogens is 5. The summed E-state index contributed by atoms with van der Waals surface area (Å²) in [5, 5.41) is 13.7. The number of carbonyl (C=O) groups excluding carboxylic acids is 2. The summed E-state index contributed by atoms with van der Waals surface area (Å²) >= 11 is 12.2. The van der Waals surface area contributed by atoms with Crippen molar-refractivity contribution >= 4 is 35.2 Å². The van der Waals surface area contributed by atoms with Crippen LogP contribution in [-0.2, 0) is 22.6 Å². The standard InChI is InChI=1S/C29H30Cl2F3N9O4/c1-27(2,3)47-25(45)38-28(11-5-12-28)24(44)37-20(29(32,33)34)14-41-22(17-7-9-18(30)10-8-17)40-42(26(41)46)15-21-36-16-43(39-21)23-19(31)6-4-13-35-23/h4,6-10,13,16,20H,5,11-12,14-15H2,1-3H3,(H,37,44)(H,38,45). The van der Waals surface area contributed by atoms with Crippen molar-refractivity contribution in [3.63, 3.8) is 0 Å². The number of alkyl halides is 3. The van der Waals surface area contributed by atoms with Gasteiger partial charge in [0.15, 0.2) is 17.5 Å². The van der Waals surface area contributed by atoms with Gasteiger partial charge in [0.1, 0.15) is 30.1 Å². The highest BCUT2D eigenvalue weighted by molar-refractivity contribution is 6.32. The highest BCUT2D eigenvalue weighted by Gasteiger charge is 2.50. The first kappa shape index (κ1) is 33.9. The lowest BCUT2D eigenvalue weighted by Crippen LogP contribution is -2.66. The van der Waals surface area contributed by atoms with Crippen molar-refractivity contribution in [3.8, 4) is 17.2 Å². The molecule has 0 aliphatic heterocycles. The predicted octanol–water partition coefficient (Wildman–Crippen LogP) is 4.54. The van der Waals surface area contributed by atoms with Gasteiger partial charge in [-0.05, 0) is 76.4 Å². The van der Waals surface area contributed by atoms with Crippen molar-refractivity contribution in [1.82, 2.24) is 44.7 Å². The molecule has 1 aliphatic rings. The van der Waals surface area contributed by atoms with Crippen LogP contribution in [0.2, 0.25) is 10.0 Å². The molecule has 3 heterocycles. The van der Waals surface area contributed by atoms with E-state index in [1.807, 2.05) is 5.32 Å². The van der Waals surface area contributed by atoms with Crippen molar-refractivity contribution in [3.05, 3.63) is 75.3 Å². The fourth-order valence-corrected chi connectivity index (χ4v) is 5.16. The second-order valence-corrected chi connectivity index (χ2v) is 12.8. The van der Waals surface area contributed by atoms with Crippen LogP contribution in [0, 0.1) is 0 Å². The van der Waals surface area contributed by atoms with Crippen LogP contribution >= 0.6 is 23.2 Å². The molecular weight excluding hydrogens is 666 g/mol. The SMILES string of the molecule is CC(C)(C)OC(=O)NC1(C(=O)NC(Cn2c(-c3ccc(Cl)cc3)nn(Cc3ncn(-c4ncccc4Cl)n3)c2=O)C(F)(F)F)CCC1. The minimum Gasteiger partial charge on any atom is -0.444 e. The van der Waals surface area contributed by atoms with E-state index < -0.39 is 47.6 Å². The molecule has 47 heavy (non-hydrogen) atoms. The Kier molecular flexibility index (Phi) is 9.37. The highest BCUT2D eigenvalue weighted by atomic mass is 35.5. The molecule has 0 saturated heterocycles. The molecule has 1 atom stereocenters. The van der Waals surface area contributed by atoms with Gasteiger partial charge in [-0.1, -0.05) is 23.2 Å². The van der Waals surface area contributed by atoms with Gasteiger partial charge in [-0.2, -0.15) is 13.2 Å². The van der Waals surface area contributed by atoms with Gasteiger partial charge >= 0.3 is 18.0 Å². The molecule has 250 valence electrons. The number of nitrogens with one attached hydrogen (secondary N) is 2. The number of hydrogen-bond donors (Lipinski definition) is 2. The molecule has 0 bridgehead atoms. The van der Waals surface area contributed by atoms with E-state index in [4.69, 9.17) is 27.9 Å². The molecule has 0 spiro atoms. The monoisotopic (exact) mass is 695 g/mol. The van der Waals surface area contributed by atoms with Crippen LogP contribution in [0.4, 0.5) is 18.0 Å². The number of ether oxygens (including phenoxy) is 1. The van der Waals surface area contributed by atoms with Crippen molar-refractivity contribution in [2.75, 3.05) is 0 Å². The quantitative estimate of drug-likeness (QED) is 0.259. The normalized spacial score (nSPS) is 15.1. The molecule has 0 radical (unpaired) electrons. The fraction of sp³-hybridized carbons (Fsp3) is 0.414. The molecule has 4 aromatic rings. The summed E-state index contributed by atoms with van der Waals surface area (Å²) in [4.78, 5) is 47.7. The summed E-state index contributed by atoms with van der Waals surface area (Å²) < 4.78 is 51.7. The lowest BCUT2D eigenvalue weighted by molar-refractivity contribution is -0.167. The number of carbonyl (C=O) groups is 2. The maximum atomic E-state index is 14.5. The second kappa shape index (κ2) is 13.0. The molecule has 1 saturated carbocycles. The number of benzene rings is 1. The van der Waals surface area contributed by atoms with Crippen molar-refractivity contribution in [2.45, 2.75) is 76.5 Å². The average molecular weight is 697 g/mol. The number of aromatic nitrogens is 7. The van der Waals surface area contributed by atoms with E-state index in [0.717, 1.165) is 9.25 Å². The zero-order valence-electron chi connectivity index (χ0n) is 25.4. The van der Waals surface area contributed by atoms with Crippen molar-refractivity contribution in [2.24, 2.45) is 0 Å². The van der Waals surface area contributed by atoms with E-state index in [1.165, 1.54) is 41.5 Å². The lowest BCUT2D eigenvalue weighted by atomic mass is 9.76. The van der Waals surface area contributed by atoms with Gasteiger partial charge in [-0.25, -0.2) is 28.9 Å². The molecule has 18 heteroatoms. The smallest absolute Gasteiger partial charge is 0.410 e. The predicted molar refractivity (Wildman–Crippen MR) is 164 cm³/mol. The molecular formula is C29H30Cl2F3N9O4. The molecule has 1 aliphatic carbocycles. The Hall–Kier alpha value is -4.44. The third kappa shape index (κ3) is 7.76. The summed E-state index contributed by atoms with van der Waals surface area (Å²) in [6, 6.07) is 6.69. The Labute approximate surface area is 276 Å². The molecule has 1 aromatic carbocycles. The number of rotatable bonds is 9. The van der Waals surface area contributed by atoms with Crippen LogP contribution in [0.25, 0.3) is 17.2 Å². The van der Waals surface area contributed by atoms with Gasteiger partial charge in [0.2, 0.25) is 5.91 Å². The van der Waals surface area contributed by atoms with Crippen LogP contribution in [-0.4, -0.2) is 69.5 Å². The Morgan fingerprint density at radius 1 is 1.06 bits per heavy atom. The highest BCUT2D eigenvalue weighted by Crippen LogP contribution is 2.34. The zero-order chi connectivity index (χ0) is 34.1. The first-order valence-electron chi connectivity index (χ1n) is 14.4. The van der Waals surface area contributed by atoms with E-state index in [2.05, 4.69) is 25.5 Å². The maximum Gasteiger partial charge on any atom is 0.410 e. The van der Waals surface area contributed by atoms with Crippen LogP contribution in [0.5, 0.6) is 0 Å². The largest absolute Gasteiger partial charge is 0.444 e. The number of hydrogen-bond acceptors (Lipinski definition) is 8. The van der Waals surface area contributed by atoms with E-state index in [1.54, 1.807) is 32.9 Å². The Morgan fingerprint density at radius 2 is 1.77 bits per heavy atom. The number of pyridine rings is 1. The van der Waals surface area contributed by atoms with Gasteiger partial charge in [0.25, 0.3) is 0 Å². The maximum absolute atomic E-state index is 14.5. The van der Waals surface area contributed by atoms with Crippen LogP contribution in [0.1, 0.15) is 45.9 Å². The van der Waals surface area contributed by atoms with E-state index >= 15 is 0 Å². The van der Waals surface area contributed by atoms with Gasteiger partial charge in [0.05, 0.1) is 11.6 Å². The summed E-state index contributed by atoms with van der Waals surface area (Å²) in [7, 11) is 0. The summed E-state index contributed by atoms with van der Waals surface area (Å²) in [6.45, 7) is 3.52. The van der Waals surface area contributed by atoms with Crippen LogP contribution in [0.3, 0.4) is 0 Å². The van der Waals surface area contributed by atoms with Gasteiger partial charge in [-0.3, -0.25) is 9.36 Å². The van der Waals surface area contributed by atoms with Crippen LogP contribution < -0.4 is 16.3 Å². The van der Waals surface area contributed by atoms with Crippen LogP contribution in [0.15, 0.2) is 53.7 Å². The minimum atomic E-state index is -4.99. The van der Waals surface area contributed by atoms with Gasteiger partial charge in [-0.15, -0.1) is 10.2 Å². The molecule has 3 aromatic heterocycles. The zero-order valence-corrected chi connectivity index (χ0v) is 26.9. The Bertz CT molecular complexity index is 1830. The Morgan fingerprint density at radius 3 is 2.36 bits per heavy atom. The van der Waals surface area contributed by atoms with Gasteiger partial charge in [0, 0.05) is 16.8 Å². The number of alkyl carbamates (subject to hydrolysis) is 1. The summed E-state index contributed by atoms with van der Waals surface area (Å²) in [5.74, 6) is -0.787. The second-order valence-electron chi connectivity index (χ2n) is 11.9. The number of nitrogens with zero attached hydrogens (tertiary/aromatic N) is 7. The number of amides is 2. The third-order valence-electron chi connectivity index (χ3n) is 7.26. The summed E-state index contributed by atoms with van der Waals surface area (Å²) in [5.41, 5.74) is -3.12. The Balaban J connectivity index is 1.45. The van der Waals surface area contributed by atoms with E-state index in [-0.39, 0.29) is 36.9 Å². The fourth-order valence-electron chi connectivity index (χ4n) is 4.82. The van der Waals surface area contributed by atoms with Gasteiger partial charge < -0.3 is 15.4 Å². The molecule has 13 nitrogen and oxygen atoms in total. The molecule has 1 fully saturated rings. The van der Waals surface area contributed by atoms with E-state index in [9.17, 15) is 27.6 Å². The first-order chi connectivity index (χ1) is 22.0. The molecule has 2 amide bonds. The molecule has 5 rings (SSSR count).